The molecule has 1 saturated heterocycles. The van der Waals surface area contributed by atoms with Crippen molar-refractivity contribution in [3.63, 3.8) is 0 Å². The molecule has 1 spiro atoms. The van der Waals surface area contributed by atoms with E-state index >= 15 is 0 Å². The lowest BCUT2D eigenvalue weighted by atomic mass is 9.83. The van der Waals surface area contributed by atoms with Gasteiger partial charge in [-0.1, -0.05) is 30.3 Å². The summed E-state index contributed by atoms with van der Waals surface area (Å²) in [6.45, 7) is 2.66. The topological polar surface area (TPSA) is 76.3 Å². The second kappa shape index (κ2) is 7.24. The Morgan fingerprint density at radius 1 is 1.14 bits per heavy atom. The number of hydrogen-bond acceptors (Lipinski definition) is 6. The Hall–Kier alpha value is -2.77. The smallest absolute Gasteiger partial charge is 0.163 e. The Kier molecular flexibility index (Phi) is 4.56. The van der Waals surface area contributed by atoms with Crippen LogP contribution in [0.15, 0.2) is 48.9 Å². The lowest BCUT2D eigenvalue weighted by Gasteiger charge is -2.44. The van der Waals surface area contributed by atoms with Gasteiger partial charge in [-0.15, -0.1) is 0 Å². The summed E-state index contributed by atoms with van der Waals surface area (Å²) in [7, 11) is 1.86. The molecule has 0 aliphatic carbocycles. The maximum Gasteiger partial charge on any atom is 0.163 e. The van der Waals surface area contributed by atoms with E-state index in [0.717, 1.165) is 55.2 Å². The van der Waals surface area contributed by atoms with Crippen LogP contribution in [0, 0.1) is 0 Å². The van der Waals surface area contributed by atoms with E-state index in [-0.39, 0.29) is 5.60 Å². The molecule has 2 aromatic heterocycles. The number of hydrogen-bond donors (Lipinski definition) is 1. The number of likely N-dealkylation sites (tertiary alicyclic amines) is 1. The Bertz CT molecular complexity index is 978. The third kappa shape index (κ3) is 3.63. The van der Waals surface area contributed by atoms with E-state index in [9.17, 15) is 5.11 Å². The van der Waals surface area contributed by atoms with E-state index in [1.54, 1.807) is 4.68 Å². The highest BCUT2D eigenvalue weighted by Crippen LogP contribution is 2.43. The van der Waals surface area contributed by atoms with Crippen molar-refractivity contribution in [3.8, 4) is 17.1 Å². The lowest BCUT2D eigenvalue weighted by molar-refractivity contribution is -0.0559. The molecular formula is C22H25N5O2. The van der Waals surface area contributed by atoms with Gasteiger partial charge in [0.2, 0.25) is 0 Å². The second-order valence-corrected chi connectivity index (χ2v) is 8.11. The first-order valence-electron chi connectivity index (χ1n) is 10.1. The van der Waals surface area contributed by atoms with E-state index in [1.807, 2.05) is 56.0 Å². The SMILES string of the molecule is Cn1cc2c(n1)C(O)CC1(CCN(Cc3cnc(-c4ccccc4)nc3)CC1)O2. The van der Waals surface area contributed by atoms with Crippen molar-refractivity contribution in [3.05, 3.63) is 60.2 Å². The number of rotatable bonds is 3. The molecule has 0 bridgehead atoms. The Balaban J connectivity index is 1.21. The van der Waals surface area contributed by atoms with Crippen LogP contribution >= 0.6 is 0 Å². The van der Waals surface area contributed by atoms with Gasteiger partial charge in [-0.05, 0) is 12.8 Å². The van der Waals surface area contributed by atoms with Crippen LogP contribution in [0.3, 0.4) is 0 Å². The van der Waals surface area contributed by atoms with Crippen LogP contribution in [0.5, 0.6) is 5.75 Å². The number of aliphatic hydroxyl groups is 1. The first-order valence-corrected chi connectivity index (χ1v) is 10.1. The molecule has 5 rings (SSSR count). The monoisotopic (exact) mass is 391 g/mol. The highest BCUT2D eigenvalue weighted by atomic mass is 16.5. The molecule has 1 fully saturated rings. The third-order valence-electron chi connectivity index (χ3n) is 5.94. The van der Waals surface area contributed by atoms with Crippen molar-refractivity contribution in [2.24, 2.45) is 7.05 Å². The minimum atomic E-state index is -0.551. The summed E-state index contributed by atoms with van der Waals surface area (Å²) in [5, 5.41) is 14.9. The molecule has 3 aromatic rings. The first kappa shape index (κ1) is 18.3. The fourth-order valence-electron chi connectivity index (χ4n) is 4.37. The number of fused-ring (bicyclic) bond motifs is 1. The molecule has 1 N–H and O–H groups in total. The molecule has 2 aliphatic rings. The Morgan fingerprint density at radius 3 is 2.59 bits per heavy atom. The largest absolute Gasteiger partial charge is 0.483 e. The van der Waals surface area contributed by atoms with Crippen molar-refractivity contribution in [1.29, 1.82) is 0 Å². The summed E-state index contributed by atoms with van der Waals surface area (Å²) in [4.78, 5) is 11.5. The first-order chi connectivity index (χ1) is 14.1. The molecule has 29 heavy (non-hydrogen) atoms. The van der Waals surface area contributed by atoms with Crippen LogP contribution in [0.25, 0.3) is 11.4 Å². The lowest BCUT2D eigenvalue weighted by Crippen LogP contribution is -2.50. The van der Waals surface area contributed by atoms with Gasteiger partial charge in [0, 0.05) is 56.6 Å². The number of aryl methyl sites for hydroxylation is 1. The minimum absolute atomic E-state index is 0.292. The summed E-state index contributed by atoms with van der Waals surface area (Å²) in [5.41, 5.74) is 2.51. The van der Waals surface area contributed by atoms with E-state index < -0.39 is 6.10 Å². The highest BCUT2D eigenvalue weighted by Gasteiger charge is 2.44. The van der Waals surface area contributed by atoms with Crippen LogP contribution in [0.4, 0.5) is 0 Å². The molecule has 1 unspecified atom stereocenters. The molecule has 150 valence electrons. The number of aromatic nitrogens is 4. The molecule has 0 radical (unpaired) electrons. The van der Waals surface area contributed by atoms with Crippen LogP contribution in [0.1, 0.15) is 36.6 Å². The molecule has 7 heteroatoms. The molecule has 1 aromatic carbocycles. The number of nitrogens with zero attached hydrogens (tertiary/aromatic N) is 5. The van der Waals surface area contributed by atoms with Gasteiger partial charge < -0.3 is 9.84 Å². The number of benzene rings is 1. The van der Waals surface area contributed by atoms with Crippen LogP contribution < -0.4 is 4.74 Å². The van der Waals surface area contributed by atoms with Crippen molar-refractivity contribution in [1.82, 2.24) is 24.6 Å². The third-order valence-corrected chi connectivity index (χ3v) is 5.94. The number of aliphatic hydroxyl groups excluding tert-OH is 1. The average molecular weight is 391 g/mol. The van der Waals surface area contributed by atoms with Crippen molar-refractivity contribution in [2.75, 3.05) is 13.1 Å². The average Bonchev–Trinajstić information content (AvgIpc) is 3.12. The predicted molar refractivity (Wildman–Crippen MR) is 108 cm³/mol. The number of piperidine rings is 1. The Morgan fingerprint density at radius 2 is 1.86 bits per heavy atom. The van der Waals surface area contributed by atoms with Gasteiger partial charge >= 0.3 is 0 Å². The highest BCUT2D eigenvalue weighted by molar-refractivity contribution is 5.53. The molecule has 4 heterocycles. The summed E-state index contributed by atoms with van der Waals surface area (Å²) in [6.07, 6.45) is 7.54. The summed E-state index contributed by atoms with van der Waals surface area (Å²) in [5.74, 6) is 1.48. The molecule has 0 saturated carbocycles. The van der Waals surface area contributed by atoms with Gasteiger partial charge in [0.1, 0.15) is 17.4 Å². The maximum atomic E-state index is 10.5. The van der Waals surface area contributed by atoms with Crippen molar-refractivity contribution >= 4 is 0 Å². The van der Waals surface area contributed by atoms with Gasteiger partial charge in [-0.3, -0.25) is 9.58 Å². The second-order valence-electron chi connectivity index (χ2n) is 8.11. The predicted octanol–water partition coefficient (Wildman–Crippen LogP) is 2.73. The van der Waals surface area contributed by atoms with Gasteiger partial charge in [0.15, 0.2) is 11.6 Å². The zero-order valence-electron chi connectivity index (χ0n) is 16.5. The molecular weight excluding hydrogens is 366 g/mol. The summed E-state index contributed by atoms with van der Waals surface area (Å²) < 4.78 is 8.03. The molecule has 7 nitrogen and oxygen atoms in total. The zero-order valence-corrected chi connectivity index (χ0v) is 16.5. The van der Waals surface area contributed by atoms with E-state index in [2.05, 4.69) is 20.0 Å². The van der Waals surface area contributed by atoms with Crippen molar-refractivity contribution in [2.45, 2.75) is 37.5 Å². The van der Waals surface area contributed by atoms with Gasteiger partial charge in [-0.25, -0.2) is 9.97 Å². The normalized spacial score (nSPS) is 21.0. The van der Waals surface area contributed by atoms with E-state index in [1.165, 1.54) is 0 Å². The zero-order chi connectivity index (χ0) is 19.8. The summed E-state index contributed by atoms with van der Waals surface area (Å²) >= 11 is 0. The standard InChI is InChI=1S/C22H25N5O2/c1-26-15-19-20(25-26)18(28)11-22(29-19)7-9-27(10-8-22)14-16-12-23-21(24-13-16)17-5-3-2-4-6-17/h2-6,12-13,15,18,28H,7-11,14H2,1H3. The van der Waals surface area contributed by atoms with Gasteiger partial charge in [0.25, 0.3) is 0 Å². The fraction of sp³-hybridized carbons (Fsp3) is 0.409. The van der Waals surface area contributed by atoms with Crippen LogP contribution in [0.2, 0.25) is 0 Å². The fourth-order valence-corrected chi connectivity index (χ4v) is 4.37. The van der Waals surface area contributed by atoms with Gasteiger partial charge in [0.05, 0.1) is 6.20 Å². The quantitative estimate of drug-likeness (QED) is 0.740. The van der Waals surface area contributed by atoms with Crippen LogP contribution in [-0.4, -0.2) is 48.4 Å². The molecule has 2 aliphatic heterocycles. The van der Waals surface area contributed by atoms with E-state index in [4.69, 9.17) is 4.74 Å². The number of ether oxygens (including phenoxy) is 1. The van der Waals surface area contributed by atoms with Crippen LogP contribution in [-0.2, 0) is 13.6 Å². The Labute approximate surface area is 170 Å². The minimum Gasteiger partial charge on any atom is -0.483 e. The maximum absolute atomic E-state index is 10.5. The van der Waals surface area contributed by atoms with Crippen molar-refractivity contribution < 1.29 is 9.84 Å². The van der Waals surface area contributed by atoms with E-state index in [0.29, 0.717) is 12.1 Å². The molecule has 0 amide bonds. The molecule has 1 atom stereocenters. The van der Waals surface area contributed by atoms with Gasteiger partial charge in [-0.2, -0.15) is 5.10 Å². The summed E-state index contributed by atoms with van der Waals surface area (Å²) in [6, 6.07) is 10.0.